The molecule has 0 heterocycles. The lowest BCUT2D eigenvalue weighted by molar-refractivity contribution is -0.140. The maximum atomic E-state index is 13.0. The zero-order valence-corrected chi connectivity index (χ0v) is 14.8. The molecule has 132 valence electrons. The minimum absolute atomic E-state index is 0.142. The third-order valence-electron chi connectivity index (χ3n) is 4.11. The van der Waals surface area contributed by atoms with Crippen LogP contribution in [0.2, 0.25) is 0 Å². The van der Waals surface area contributed by atoms with E-state index in [0.717, 1.165) is 5.56 Å². The number of esters is 1. The zero-order valence-electron chi connectivity index (χ0n) is 14.8. The highest BCUT2D eigenvalue weighted by Gasteiger charge is 2.24. The molecule has 0 saturated heterocycles. The Bertz CT molecular complexity index is 715. The molecule has 25 heavy (non-hydrogen) atoms. The molecule has 0 aliphatic rings. The second-order valence-electron chi connectivity index (χ2n) is 5.64. The van der Waals surface area contributed by atoms with Crippen LogP contribution in [0.15, 0.2) is 54.6 Å². The van der Waals surface area contributed by atoms with E-state index in [1.807, 2.05) is 37.3 Å². The molecular formula is C20H23NO4. The van der Waals surface area contributed by atoms with Crippen molar-refractivity contribution in [2.45, 2.75) is 19.4 Å². The summed E-state index contributed by atoms with van der Waals surface area (Å²) in [6.45, 7) is 2.23. The van der Waals surface area contributed by atoms with Crippen molar-refractivity contribution in [1.82, 2.24) is 4.90 Å². The summed E-state index contributed by atoms with van der Waals surface area (Å²) in [4.78, 5) is 26.3. The maximum Gasteiger partial charge on any atom is 0.307 e. The summed E-state index contributed by atoms with van der Waals surface area (Å²) >= 11 is 0. The third kappa shape index (κ3) is 4.83. The molecule has 0 aromatic heterocycles. The predicted molar refractivity (Wildman–Crippen MR) is 95.5 cm³/mol. The van der Waals surface area contributed by atoms with Crippen molar-refractivity contribution < 1.29 is 19.1 Å². The van der Waals surface area contributed by atoms with Crippen LogP contribution in [-0.2, 0) is 9.53 Å². The van der Waals surface area contributed by atoms with E-state index in [-0.39, 0.29) is 30.9 Å². The van der Waals surface area contributed by atoms with Crippen LogP contribution < -0.4 is 4.74 Å². The van der Waals surface area contributed by atoms with Crippen LogP contribution in [0.5, 0.6) is 5.75 Å². The largest absolute Gasteiger partial charge is 0.497 e. The Morgan fingerprint density at radius 2 is 1.76 bits per heavy atom. The topological polar surface area (TPSA) is 55.8 Å². The number of hydrogen-bond donors (Lipinski definition) is 0. The standard InChI is InChI=1S/C20H23NO4/c1-15(16-8-5-4-6-9-16)21(13-12-19(22)25-3)20(23)17-10-7-11-18(14-17)24-2/h4-11,14-15H,12-13H2,1-3H3. The normalized spacial score (nSPS) is 11.5. The number of carbonyl (C=O) groups is 2. The second-order valence-corrected chi connectivity index (χ2v) is 5.64. The van der Waals surface area contributed by atoms with Gasteiger partial charge in [0.15, 0.2) is 0 Å². The monoisotopic (exact) mass is 341 g/mol. The molecule has 0 spiro atoms. The first-order valence-corrected chi connectivity index (χ1v) is 8.13. The number of nitrogens with zero attached hydrogens (tertiary/aromatic N) is 1. The summed E-state index contributed by atoms with van der Waals surface area (Å²) in [5.74, 6) is 0.119. The first-order chi connectivity index (χ1) is 12.1. The fourth-order valence-corrected chi connectivity index (χ4v) is 2.62. The van der Waals surface area contributed by atoms with Gasteiger partial charge in [-0.2, -0.15) is 0 Å². The third-order valence-corrected chi connectivity index (χ3v) is 4.11. The van der Waals surface area contributed by atoms with E-state index in [9.17, 15) is 9.59 Å². The highest BCUT2D eigenvalue weighted by Crippen LogP contribution is 2.24. The van der Waals surface area contributed by atoms with Gasteiger partial charge in [0.2, 0.25) is 0 Å². The van der Waals surface area contributed by atoms with Gasteiger partial charge >= 0.3 is 5.97 Å². The molecule has 0 N–H and O–H groups in total. The van der Waals surface area contributed by atoms with Gasteiger partial charge in [-0.3, -0.25) is 9.59 Å². The number of benzene rings is 2. The van der Waals surface area contributed by atoms with Gasteiger partial charge in [-0.05, 0) is 30.7 Å². The zero-order chi connectivity index (χ0) is 18.2. The Morgan fingerprint density at radius 1 is 1.04 bits per heavy atom. The highest BCUT2D eigenvalue weighted by molar-refractivity contribution is 5.95. The molecule has 0 bridgehead atoms. The summed E-state index contributed by atoms with van der Waals surface area (Å²) in [6, 6.07) is 16.6. The molecule has 1 atom stereocenters. The SMILES string of the molecule is COC(=O)CCN(C(=O)c1cccc(OC)c1)C(C)c1ccccc1. The molecular weight excluding hydrogens is 318 g/mol. The Hall–Kier alpha value is -2.82. The van der Waals surface area contributed by atoms with E-state index in [0.29, 0.717) is 11.3 Å². The van der Waals surface area contributed by atoms with Crippen molar-refractivity contribution in [3.8, 4) is 5.75 Å². The number of amides is 1. The summed E-state index contributed by atoms with van der Waals surface area (Å²) < 4.78 is 9.91. The molecule has 2 aromatic rings. The lowest BCUT2D eigenvalue weighted by atomic mass is 10.0. The van der Waals surface area contributed by atoms with Crippen molar-refractivity contribution in [2.75, 3.05) is 20.8 Å². The molecule has 2 rings (SSSR count). The Morgan fingerprint density at radius 3 is 2.40 bits per heavy atom. The fraction of sp³-hybridized carbons (Fsp3) is 0.300. The van der Waals surface area contributed by atoms with E-state index >= 15 is 0 Å². The first-order valence-electron chi connectivity index (χ1n) is 8.13. The Labute approximate surface area is 148 Å². The molecule has 5 nitrogen and oxygen atoms in total. The molecule has 1 amide bonds. The van der Waals surface area contributed by atoms with E-state index in [4.69, 9.17) is 9.47 Å². The van der Waals surface area contributed by atoms with Crippen LogP contribution in [0.25, 0.3) is 0 Å². The van der Waals surface area contributed by atoms with Crippen molar-refractivity contribution in [2.24, 2.45) is 0 Å². The smallest absolute Gasteiger partial charge is 0.307 e. The van der Waals surface area contributed by atoms with Crippen molar-refractivity contribution in [3.63, 3.8) is 0 Å². The molecule has 0 fully saturated rings. The summed E-state index contributed by atoms with van der Waals surface area (Å²) in [5.41, 5.74) is 1.52. The van der Waals surface area contributed by atoms with E-state index in [1.54, 1.807) is 36.3 Å². The van der Waals surface area contributed by atoms with Gasteiger partial charge in [0, 0.05) is 12.1 Å². The fourth-order valence-electron chi connectivity index (χ4n) is 2.62. The molecule has 2 aromatic carbocycles. The van der Waals surface area contributed by atoms with E-state index in [2.05, 4.69) is 0 Å². The lowest BCUT2D eigenvalue weighted by Crippen LogP contribution is -2.35. The molecule has 1 unspecified atom stereocenters. The number of hydrogen-bond acceptors (Lipinski definition) is 4. The molecule has 0 aliphatic carbocycles. The van der Waals surface area contributed by atoms with E-state index in [1.165, 1.54) is 7.11 Å². The number of methoxy groups -OCH3 is 2. The molecule has 0 aliphatic heterocycles. The van der Waals surface area contributed by atoms with E-state index < -0.39 is 0 Å². The van der Waals surface area contributed by atoms with Crippen molar-refractivity contribution >= 4 is 11.9 Å². The van der Waals surface area contributed by atoms with Crippen LogP contribution in [0.4, 0.5) is 0 Å². The summed E-state index contributed by atoms with van der Waals surface area (Å²) in [6.07, 6.45) is 0.142. The maximum absolute atomic E-state index is 13.0. The quantitative estimate of drug-likeness (QED) is 0.724. The number of rotatable bonds is 7. The molecule has 0 radical (unpaired) electrons. The number of carbonyl (C=O) groups excluding carboxylic acids is 2. The van der Waals surface area contributed by atoms with Crippen LogP contribution in [0.1, 0.15) is 35.3 Å². The number of ether oxygens (including phenoxy) is 2. The lowest BCUT2D eigenvalue weighted by Gasteiger charge is -2.29. The average Bonchev–Trinajstić information content (AvgIpc) is 2.68. The van der Waals surface area contributed by atoms with Crippen molar-refractivity contribution in [3.05, 3.63) is 65.7 Å². The highest BCUT2D eigenvalue weighted by atomic mass is 16.5. The minimum atomic E-state index is -0.344. The van der Waals surface area contributed by atoms with Gasteiger partial charge in [-0.25, -0.2) is 0 Å². The van der Waals surface area contributed by atoms with Gasteiger partial charge < -0.3 is 14.4 Å². The predicted octanol–water partition coefficient (Wildman–Crippen LogP) is 3.46. The molecule has 0 saturated carbocycles. The van der Waals surface area contributed by atoms with Crippen LogP contribution in [0.3, 0.4) is 0 Å². The average molecular weight is 341 g/mol. The molecule has 5 heteroatoms. The summed E-state index contributed by atoms with van der Waals surface area (Å²) in [7, 11) is 2.91. The van der Waals surface area contributed by atoms with Gasteiger partial charge in [-0.1, -0.05) is 36.4 Å². The van der Waals surface area contributed by atoms with Gasteiger partial charge in [-0.15, -0.1) is 0 Å². The van der Waals surface area contributed by atoms with Gasteiger partial charge in [0.25, 0.3) is 5.91 Å². The van der Waals surface area contributed by atoms with Gasteiger partial charge in [0.05, 0.1) is 26.7 Å². The van der Waals surface area contributed by atoms with Crippen molar-refractivity contribution in [1.29, 1.82) is 0 Å². The Balaban J connectivity index is 2.29. The van der Waals surface area contributed by atoms with Gasteiger partial charge in [0.1, 0.15) is 5.75 Å². The Kier molecular flexibility index (Phi) is 6.57. The van der Waals surface area contributed by atoms with Crippen LogP contribution in [-0.4, -0.2) is 37.5 Å². The minimum Gasteiger partial charge on any atom is -0.497 e. The summed E-state index contributed by atoms with van der Waals surface area (Å²) in [5, 5.41) is 0. The van der Waals surface area contributed by atoms with Crippen LogP contribution in [0, 0.1) is 0 Å². The second kappa shape index (κ2) is 8.87. The van der Waals surface area contributed by atoms with Crippen LogP contribution >= 0.6 is 0 Å². The first kappa shape index (κ1) is 18.5.